The highest BCUT2D eigenvalue weighted by atomic mass is 32.1. The SMILES string of the molecule is Cc1cc(C)n(CC(=O)N2CCN(c3ccccc3C(=O)Nc3nc4c(s3)CN(C)CC4)CC2)n1. The van der Waals surface area contributed by atoms with E-state index in [0.717, 1.165) is 42.3 Å². The number of aryl methyl sites for hydroxylation is 2. The lowest BCUT2D eigenvalue weighted by molar-refractivity contribution is -0.132. The molecule has 0 aliphatic carbocycles. The van der Waals surface area contributed by atoms with Crippen LogP contribution < -0.4 is 10.2 Å². The average Bonchev–Trinajstić information content (AvgIpc) is 3.39. The number of anilines is 2. The van der Waals surface area contributed by atoms with Gasteiger partial charge < -0.3 is 14.7 Å². The average molecular weight is 494 g/mol. The Kier molecular flexibility index (Phi) is 6.57. The summed E-state index contributed by atoms with van der Waals surface area (Å²) in [6.07, 6.45) is 0.914. The van der Waals surface area contributed by atoms with Gasteiger partial charge in [0.05, 0.1) is 17.0 Å². The first-order valence-electron chi connectivity index (χ1n) is 12.0. The van der Waals surface area contributed by atoms with Crippen molar-refractivity contribution < 1.29 is 9.59 Å². The van der Waals surface area contributed by atoms with Crippen molar-refractivity contribution in [2.75, 3.05) is 50.0 Å². The van der Waals surface area contributed by atoms with Crippen molar-refractivity contribution in [1.82, 2.24) is 24.6 Å². The summed E-state index contributed by atoms with van der Waals surface area (Å²) < 4.78 is 1.76. The molecule has 35 heavy (non-hydrogen) atoms. The lowest BCUT2D eigenvalue weighted by Gasteiger charge is -2.36. The molecule has 2 aliphatic rings. The van der Waals surface area contributed by atoms with Crippen molar-refractivity contribution in [3.63, 3.8) is 0 Å². The summed E-state index contributed by atoms with van der Waals surface area (Å²) >= 11 is 1.56. The van der Waals surface area contributed by atoms with Crippen LogP contribution in [0.25, 0.3) is 0 Å². The fraction of sp³-hybridized carbons (Fsp3) is 0.440. The Morgan fingerprint density at radius 2 is 1.86 bits per heavy atom. The van der Waals surface area contributed by atoms with E-state index in [1.54, 1.807) is 16.0 Å². The molecular formula is C25H31N7O2S. The number of thiazole rings is 1. The smallest absolute Gasteiger partial charge is 0.259 e. The molecule has 1 saturated heterocycles. The first kappa shape index (κ1) is 23.5. The van der Waals surface area contributed by atoms with Crippen molar-refractivity contribution in [3.05, 3.63) is 57.9 Å². The molecular weight excluding hydrogens is 462 g/mol. The molecule has 0 bridgehead atoms. The number of hydrogen-bond donors (Lipinski definition) is 1. The number of carbonyl (C=O) groups is 2. The number of carbonyl (C=O) groups excluding carboxylic acids is 2. The number of amides is 2. The zero-order valence-electron chi connectivity index (χ0n) is 20.5. The monoisotopic (exact) mass is 493 g/mol. The molecule has 1 N–H and O–H groups in total. The van der Waals surface area contributed by atoms with E-state index in [9.17, 15) is 9.59 Å². The van der Waals surface area contributed by atoms with E-state index in [0.29, 0.717) is 36.9 Å². The van der Waals surface area contributed by atoms with Crippen LogP contribution in [-0.4, -0.2) is 76.2 Å². The molecule has 4 heterocycles. The maximum atomic E-state index is 13.2. The topological polar surface area (TPSA) is 86.6 Å². The van der Waals surface area contributed by atoms with Crippen molar-refractivity contribution in [1.29, 1.82) is 0 Å². The molecule has 3 aromatic rings. The number of piperazine rings is 1. The van der Waals surface area contributed by atoms with Gasteiger partial charge in [-0.15, -0.1) is 11.3 Å². The number of nitrogens with zero attached hydrogens (tertiary/aromatic N) is 6. The van der Waals surface area contributed by atoms with Gasteiger partial charge in [0.1, 0.15) is 6.54 Å². The highest BCUT2D eigenvalue weighted by Gasteiger charge is 2.25. The lowest BCUT2D eigenvalue weighted by Crippen LogP contribution is -2.50. The molecule has 10 heteroatoms. The van der Waals surface area contributed by atoms with Gasteiger partial charge in [-0.25, -0.2) is 4.98 Å². The van der Waals surface area contributed by atoms with E-state index in [1.165, 1.54) is 4.88 Å². The third kappa shape index (κ3) is 5.08. The van der Waals surface area contributed by atoms with Crippen LogP contribution >= 0.6 is 11.3 Å². The third-order valence-corrected chi connectivity index (χ3v) is 7.65. The standard InChI is InChI=1S/C25H31N7O2S/c1-17-14-18(2)32(28-17)16-23(33)31-12-10-30(11-13-31)21-7-5-4-6-19(21)24(34)27-25-26-20-8-9-29(3)15-22(20)35-25/h4-7,14H,8-13,15-16H2,1-3H3,(H,26,27,34). The number of rotatable bonds is 5. The molecule has 9 nitrogen and oxygen atoms in total. The largest absolute Gasteiger partial charge is 0.367 e. The Balaban J connectivity index is 1.23. The van der Waals surface area contributed by atoms with Crippen LogP contribution in [0.15, 0.2) is 30.3 Å². The second-order valence-corrected chi connectivity index (χ2v) is 10.4. The molecule has 5 rings (SSSR count). The normalized spacial score (nSPS) is 16.3. The zero-order valence-corrected chi connectivity index (χ0v) is 21.3. The Morgan fingerprint density at radius 1 is 1.09 bits per heavy atom. The molecule has 184 valence electrons. The van der Waals surface area contributed by atoms with E-state index in [2.05, 4.69) is 32.2 Å². The number of fused-ring (bicyclic) bond motifs is 1. The highest BCUT2D eigenvalue weighted by molar-refractivity contribution is 7.15. The van der Waals surface area contributed by atoms with Crippen molar-refractivity contribution in [2.24, 2.45) is 0 Å². The second kappa shape index (κ2) is 9.79. The van der Waals surface area contributed by atoms with Gasteiger partial charge in [0.2, 0.25) is 5.91 Å². The summed E-state index contributed by atoms with van der Waals surface area (Å²) in [4.78, 5) is 38.3. The molecule has 1 fully saturated rings. The molecule has 0 radical (unpaired) electrons. The van der Waals surface area contributed by atoms with Crippen molar-refractivity contribution in [3.8, 4) is 0 Å². The number of hydrogen-bond acceptors (Lipinski definition) is 7. The fourth-order valence-corrected chi connectivity index (χ4v) is 5.83. The van der Waals surface area contributed by atoms with E-state index < -0.39 is 0 Å². The minimum Gasteiger partial charge on any atom is -0.367 e. The second-order valence-electron chi connectivity index (χ2n) is 9.30. The molecule has 2 aromatic heterocycles. The van der Waals surface area contributed by atoms with E-state index in [-0.39, 0.29) is 18.4 Å². The quantitative estimate of drug-likeness (QED) is 0.588. The number of benzene rings is 1. The number of likely N-dealkylation sites (N-methyl/N-ethyl adjacent to an activating group) is 1. The molecule has 0 atom stereocenters. The van der Waals surface area contributed by atoms with Crippen molar-refractivity contribution in [2.45, 2.75) is 33.4 Å². The van der Waals surface area contributed by atoms with Gasteiger partial charge in [-0.3, -0.25) is 19.6 Å². The number of nitrogens with one attached hydrogen (secondary N) is 1. The van der Waals surface area contributed by atoms with Gasteiger partial charge in [0, 0.05) is 61.9 Å². The molecule has 2 amide bonds. The summed E-state index contributed by atoms with van der Waals surface area (Å²) in [5, 5.41) is 8.08. The zero-order chi connectivity index (χ0) is 24.5. The fourth-order valence-electron chi connectivity index (χ4n) is 4.74. The van der Waals surface area contributed by atoms with Crippen LogP contribution in [0, 0.1) is 13.8 Å². The number of para-hydroxylation sites is 1. The highest BCUT2D eigenvalue weighted by Crippen LogP contribution is 2.29. The predicted molar refractivity (Wildman–Crippen MR) is 137 cm³/mol. The van der Waals surface area contributed by atoms with E-state index in [4.69, 9.17) is 0 Å². The van der Waals surface area contributed by atoms with Gasteiger partial charge in [-0.05, 0) is 39.1 Å². The molecule has 0 spiro atoms. The Bertz CT molecular complexity index is 1240. The summed E-state index contributed by atoms with van der Waals surface area (Å²) in [7, 11) is 2.10. The first-order chi connectivity index (χ1) is 16.9. The van der Waals surface area contributed by atoms with Gasteiger partial charge in [0.25, 0.3) is 5.91 Å². The van der Waals surface area contributed by atoms with Crippen LogP contribution in [-0.2, 0) is 24.3 Å². The number of aromatic nitrogens is 3. The summed E-state index contributed by atoms with van der Waals surface area (Å²) in [6.45, 7) is 8.59. The first-order valence-corrected chi connectivity index (χ1v) is 12.8. The van der Waals surface area contributed by atoms with Gasteiger partial charge in [-0.1, -0.05) is 12.1 Å². The Labute approximate surface area is 209 Å². The Hall–Kier alpha value is -3.24. The van der Waals surface area contributed by atoms with Crippen LogP contribution in [0.1, 0.15) is 32.3 Å². The summed E-state index contributed by atoms with van der Waals surface area (Å²) in [5.41, 5.74) is 4.51. The van der Waals surface area contributed by atoms with Crippen LogP contribution in [0.5, 0.6) is 0 Å². The maximum Gasteiger partial charge on any atom is 0.259 e. The van der Waals surface area contributed by atoms with Gasteiger partial charge in [-0.2, -0.15) is 5.10 Å². The van der Waals surface area contributed by atoms with Crippen molar-refractivity contribution >= 4 is 34.0 Å². The summed E-state index contributed by atoms with van der Waals surface area (Å²) in [6, 6.07) is 9.64. The molecule has 2 aliphatic heterocycles. The predicted octanol–water partition coefficient (Wildman–Crippen LogP) is 2.55. The minimum atomic E-state index is -0.150. The molecule has 0 unspecified atom stereocenters. The maximum absolute atomic E-state index is 13.2. The van der Waals surface area contributed by atoms with Crippen LogP contribution in [0.2, 0.25) is 0 Å². The van der Waals surface area contributed by atoms with Gasteiger partial charge in [0.15, 0.2) is 5.13 Å². The van der Waals surface area contributed by atoms with Crippen LogP contribution in [0.4, 0.5) is 10.8 Å². The van der Waals surface area contributed by atoms with E-state index in [1.807, 2.05) is 49.1 Å². The Morgan fingerprint density at radius 3 is 2.60 bits per heavy atom. The minimum absolute atomic E-state index is 0.0697. The lowest BCUT2D eigenvalue weighted by atomic mass is 10.1. The molecule has 1 aromatic carbocycles. The summed E-state index contributed by atoms with van der Waals surface area (Å²) in [5.74, 6) is -0.0802. The van der Waals surface area contributed by atoms with Crippen LogP contribution in [0.3, 0.4) is 0 Å². The van der Waals surface area contributed by atoms with E-state index >= 15 is 0 Å². The molecule has 0 saturated carbocycles. The van der Waals surface area contributed by atoms with Gasteiger partial charge >= 0.3 is 0 Å². The third-order valence-electron chi connectivity index (χ3n) is 6.65.